The summed E-state index contributed by atoms with van der Waals surface area (Å²) in [6.45, 7) is 2.01. The molecule has 0 amide bonds. The van der Waals surface area contributed by atoms with Gasteiger partial charge in [-0.25, -0.2) is 0 Å². The Kier molecular flexibility index (Phi) is 3.71. The third-order valence-electron chi connectivity index (χ3n) is 2.71. The van der Waals surface area contributed by atoms with Gasteiger partial charge in [0, 0.05) is 17.8 Å². The Hall–Kier alpha value is -1.69. The zero-order chi connectivity index (χ0) is 14.0. The van der Waals surface area contributed by atoms with E-state index in [1.165, 1.54) is 12.1 Å². The number of nitrogens with one attached hydrogen (secondary N) is 2. The van der Waals surface area contributed by atoms with E-state index in [2.05, 4.69) is 15.5 Å². The molecule has 0 aliphatic heterocycles. The van der Waals surface area contributed by atoms with E-state index < -0.39 is 11.7 Å². The van der Waals surface area contributed by atoms with Crippen molar-refractivity contribution in [2.45, 2.75) is 19.6 Å². The molecule has 0 saturated heterocycles. The number of hydrogen-bond donors (Lipinski definition) is 2. The lowest BCUT2D eigenvalue weighted by molar-refractivity contribution is -0.136. The number of alkyl halides is 3. The Morgan fingerprint density at radius 2 is 2.11 bits per heavy atom. The van der Waals surface area contributed by atoms with Crippen LogP contribution in [0, 0.1) is 6.92 Å². The van der Waals surface area contributed by atoms with Crippen LogP contribution in [0.5, 0.6) is 0 Å². The fourth-order valence-corrected chi connectivity index (χ4v) is 1.92. The van der Waals surface area contributed by atoms with Crippen LogP contribution in [0.25, 0.3) is 0 Å². The van der Waals surface area contributed by atoms with Gasteiger partial charge in [-0.2, -0.15) is 18.3 Å². The van der Waals surface area contributed by atoms with E-state index >= 15 is 0 Å². The lowest BCUT2D eigenvalue weighted by Crippen LogP contribution is -2.11. The molecule has 1 aromatic heterocycles. The van der Waals surface area contributed by atoms with Gasteiger partial charge in [-0.3, -0.25) is 5.10 Å². The number of nitrogens with zero attached hydrogens (tertiary/aromatic N) is 1. The van der Waals surface area contributed by atoms with Crippen molar-refractivity contribution in [3.8, 4) is 0 Å². The molecule has 1 heterocycles. The number of para-hydroxylation sites is 1. The predicted octanol–water partition coefficient (Wildman–Crippen LogP) is 4.00. The van der Waals surface area contributed by atoms with Crippen LogP contribution in [-0.4, -0.2) is 10.2 Å². The molecule has 19 heavy (non-hydrogen) atoms. The van der Waals surface area contributed by atoms with Gasteiger partial charge in [0.15, 0.2) is 0 Å². The lowest BCUT2D eigenvalue weighted by atomic mass is 10.1. The van der Waals surface area contributed by atoms with Crippen LogP contribution in [0.4, 0.5) is 18.9 Å². The summed E-state index contributed by atoms with van der Waals surface area (Å²) < 4.78 is 38.6. The van der Waals surface area contributed by atoms with Crippen molar-refractivity contribution in [1.82, 2.24) is 10.2 Å². The summed E-state index contributed by atoms with van der Waals surface area (Å²) in [5.74, 6) is 0. The van der Waals surface area contributed by atoms with Crippen LogP contribution in [0.2, 0.25) is 5.02 Å². The van der Waals surface area contributed by atoms with Gasteiger partial charge in [0.2, 0.25) is 0 Å². The minimum absolute atomic E-state index is 0.0379. The first-order valence-electron chi connectivity index (χ1n) is 5.48. The maximum absolute atomic E-state index is 12.9. The first kappa shape index (κ1) is 13.7. The van der Waals surface area contributed by atoms with E-state index in [0.29, 0.717) is 0 Å². The van der Waals surface area contributed by atoms with Crippen molar-refractivity contribution in [3.05, 3.63) is 46.2 Å². The SMILES string of the molecule is Cc1[nH]ncc1CNc1c(Cl)cccc1C(F)(F)F. The molecule has 2 rings (SSSR count). The number of halogens is 4. The Balaban J connectivity index is 2.27. The van der Waals surface area contributed by atoms with E-state index in [-0.39, 0.29) is 17.3 Å². The number of aromatic nitrogens is 2. The minimum atomic E-state index is -4.45. The molecule has 1 aromatic carbocycles. The highest BCUT2D eigenvalue weighted by Gasteiger charge is 2.34. The zero-order valence-electron chi connectivity index (χ0n) is 9.98. The van der Waals surface area contributed by atoms with Gasteiger partial charge in [0.05, 0.1) is 22.5 Å². The molecule has 3 nitrogen and oxygen atoms in total. The first-order valence-corrected chi connectivity index (χ1v) is 5.86. The van der Waals surface area contributed by atoms with Crippen LogP contribution in [0.1, 0.15) is 16.8 Å². The summed E-state index contributed by atoms with van der Waals surface area (Å²) in [5, 5.41) is 9.28. The molecule has 2 N–H and O–H groups in total. The summed E-state index contributed by atoms with van der Waals surface area (Å²) in [7, 11) is 0. The molecule has 0 spiro atoms. The van der Waals surface area contributed by atoms with E-state index in [4.69, 9.17) is 11.6 Å². The Bertz CT molecular complexity index is 578. The molecule has 0 unspecified atom stereocenters. The topological polar surface area (TPSA) is 40.7 Å². The van der Waals surface area contributed by atoms with Gasteiger partial charge in [0.25, 0.3) is 0 Å². The van der Waals surface area contributed by atoms with E-state index in [0.717, 1.165) is 17.3 Å². The largest absolute Gasteiger partial charge is 0.418 e. The van der Waals surface area contributed by atoms with Gasteiger partial charge in [-0.1, -0.05) is 17.7 Å². The van der Waals surface area contributed by atoms with Crippen LogP contribution in [-0.2, 0) is 12.7 Å². The molecule has 2 aromatic rings. The average Bonchev–Trinajstić information content (AvgIpc) is 2.72. The van der Waals surface area contributed by atoms with Crippen LogP contribution >= 0.6 is 11.6 Å². The summed E-state index contributed by atoms with van der Waals surface area (Å²) in [4.78, 5) is 0. The number of anilines is 1. The number of aryl methyl sites for hydroxylation is 1. The molecule has 102 valence electrons. The standard InChI is InChI=1S/C12H11ClF3N3/c1-7-8(6-18-19-7)5-17-11-9(12(14,15)16)3-2-4-10(11)13/h2-4,6,17H,5H2,1H3,(H,18,19). The monoisotopic (exact) mass is 289 g/mol. The molecule has 0 aliphatic rings. The fraction of sp³-hybridized carbons (Fsp3) is 0.250. The van der Waals surface area contributed by atoms with Crippen LogP contribution < -0.4 is 5.32 Å². The highest BCUT2D eigenvalue weighted by atomic mass is 35.5. The van der Waals surface area contributed by atoms with Gasteiger partial charge >= 0.3 is 6.18 Å². The predicted molar refractivity (Wildman–Crippen MR) is 67.1 cm³/mol. The van der Waals surface area contributed by atoms with Gasteiger partial charge < -0.3 is 5.32 Å². The van der Waals surface area contributed by atoms with Crippen LogP contribution in [0.3, 0.4) is 0 Å². The van der Waals surface area contributed by atoms with Crippen molar-refractivity contribution in [2.75, 3.05) is 5.32 Å². The Morgan fingerprint density at radius 1 is 1.37 bits per heavy atom. The minimum Gasteiger partial charge on any atom is -0.379 e. The summed E-state index contributed by atoms with van der Waals surface area (Å²) in [5.41, 5.74) is 0.694. The number of aromatic amines is 1. The molecule has 7 heteroatoms. The zero-order valence-corrected chi connectivity index (χ0v) is 10.7. The molecular weight excluding hydrogens is 279 g/mol. The van der Waals surface area contributed by atoms with Gasteiger partial charge in [0.1, 0.15) is 0 Å². The van der Waals surface area contributed by atoms with E-state index in [1.807, 2.05) is 0 Å². The second-order valence-corrected chi connectivity index (χ2v) is 4.44. The first-order chi connectivity index (χ1) is 8.89. The van der Waals surface area contributed by atoms with Crippen LogP contribution in [0.15, 0.2) is 24.4 Å². The van der Waals surface area contributed by atoms with Gasteiger partial charge in [-0.05, 0) is 19.1 Å². The number of H-pyrrole nitrogens is 1. The second kappa shape index (κ2) is 5.13. The van der Waals surface area contributed by atoms with Crippen molar-refractivity contribution in [2.24, 2.45) is 0 Å². The number of benzene rings is 1. The molecule has 0 fully saturated rings. The average molecular weight is 290 g/mol. The van der Waals surface area contributed by atoms with E-state index in [9.17, 15) is 13.2 Å². The van der Waals surface area contributed by atoms with Crippen molar-refractivity contribution in [1.29, 1.82) is 0 Å². The highest BCUT2D eigenvalue weighted by Crippen LogP contribution is 2.38. The molecule has 0 bridgehead atoms. The fourth-order valence-electron chi connectivity index (χ4n) is 1.68. The Labute approximate surface area is 112 Å². The third kappa shape index (κ3) is 3.01. The highest BCUT2D eigenvalue weighted by molar-refractivity contribution is 6.33. The molecule has 0 saturated carbocycles. The van der Waals surface area contributed by atoms with E-state index in [1.54, 1.807) is 13.1 Å². The lowest BCUT2D eigenvalue weighted by Gasteiger charge is -2.15. The quantitative estimate of drug-likeness (QED) is 0.896. The summed E-state index contributed by atoms with van der Waals surface area (Å²) >= 11 is 5.83. The second-order valence-electron chi connectivity index (χ2n) is 4.03. The normalized spacial score (nSPS) is 11.6. The molecule has 0 radical (unpaired) electrons. The summed E-state index contributed by atoms with van der Waals surface area (Å²) in [6, 6.07) is 3.69. The summed E-state index contributed by atoms with van der Waals surface area (Å²) in [6.07, 6.45) is -2.88. The molecule has 0 atom stereocenters. The van der Waals surface area contributed by atoms with Crippen molar-refractivity contribution < 1.29 is 13.2 Å². The van der Waals surface area contributed by atoms with Gasteiger partial charge in [-0.15, -0.1) is 0 Å². The maximum Gasteiger partial charge on any atom is 0.418 e. The maximum atomic E-state index is 12.9. The van der Waals surface area contributed by atoms with Crippen molar-refractivity contribution in [3.63, 3.8) is 0 Å². The third-order valence-corrected chi connectivity index (χ3v) is 3.02. The smallest absolute Gasteiger partial charge is 0.379 e. The van der Waals surface area contributed by atoms with Crippen molar-refractivity contribution >= 4 is 17.3 Å². The number of hydrogen-bond acceptors (Lipinski definition) is 2. The molecule has 0 aliphatic carbocycles. The molecular formula is C12H11ClF3N3. The number of rotatable bonds is 3. The Morgan fingerprint density at radius 3 is 2.68 bits per heavy atom.